The van der Waals surface area contributed by atoms with Gasteiger partial charge in [0.1, 0.15) is 0 Å². The van der Waals surface area contributed by atoms with Crippen LogP contribution in [0.5, 0.6) is 0 Å². The molecule has 0 bridgehead atoms. The molecule has 0 N–H and O–H groups in total. The zero-order valence-corrected chi connectivity index (χ0v) is 7.77. The van der Waals surface area contributed by atoms with Gasteiger partial charge in [-0.15, -0.1) is 0 Å². The van der Waals surface area contributed by atoms with Gasteiger partial charge in [0.05, 0.1) is 0 Å². The van der Waals surface area contributed by atoms with Crippen molar-refractivity contribution in [1.29, 1.82) is 0 Å². The van der Waals surface area contributed by atoms with E-state index in [1.807, 2.05) is 0 Å². The standard InChI is InChI=1S/C6H7.2CO.Ru/c1-6-4-2-3-5-6;2*1-2;/h2,4H,3H2,1H3;;;. The van der Waals surface area contributed by atoms with Crippen LogP contribution in [0.3, 0.4) is 0 Å². The maximum absolute atomic E-state index is 7.50. The second kappa shape index (κ2) is 9.44. The quantitative estimate of drug-likeness (QED) is 0.587. The van der Waals surface area contributed by atoms with E-state index in [4.69, 9.17) is 9.59 Å². The van der Waals surface area contributed by atoms with E-state index < -0.39 is 0 Å². The number of hydrogen-bond acceptors (Lipinski definition) is 2. The van der Waals surface area contributed by atoms with Crippen LogP contribution < -0.4 is 0 Å². The molecule has 3 heteroatoms. The van der Waals surface area contributed by atoms with E-state index in [1.54, 1.807) is 0 Å². The predicted octanol–water partition coefficient (Wildman–Crippen LogP) is 0.973. The minimum absolute atomic E-state index is 1.14. The molecule has 1 aliphatic rings. The molecule has 0 saturated carbocycles. The van der Waals surface area contributed by atoms with Gasteiger partial charge in [0.2, 0.25) is 0 Å². The molecule has 0 spiro atoms. The summed E-state index contributed by atoms with van der Waals surface area (Å²) in [5, 5.41) is 0. The van der Waals surface area contributed by atoms with Crippen LogP contribution >= 0.6 is 0 Å². The molecular weight excluding hydrogens is 229 g/mol. The maximum atomic E-state index is 7.50. The molecule has 1 aliphatic carbocycles. The van der Waals surface area contributed by atoms with Crippen molar-refractivity contribution in [1.82, 2.24) is 0 Å². The average Bonchev–Trinajstić information content (AvgIpc) is 2.44. The van der Waals surface area contributed by atoms with Gasteiger partial charge in [-0.1, -0.05) is 0 Å². The van der Waals surface area contributed by atoms with Crippen molar-refractivity contribution in [3.05, 3.63) is 21.9 Å². The largest absolute Gasteiger partial charge is 0.281 e. The summed E-state index contributed by atoms with van der Waals surface area (Å²) < 4.78 is 1.44. The first-order valence-corrected chi connectivity index (χ1v) is 3.59. The molecule has 4 radical (unpaired) electrons. The summed E-state index contributed by atoms with van der Waals surface area (Å²) in [6.45, 7) is 11.1. The van der Waals surface area contributed by atoms with Crippen molar-refractivity contribution >= 4 is 13.6 Å². The van der Waals surface area contributed by atoms with Crippen LogP contribution in [0.4, 0.5) is 0 Å². The summed E-state index contributed by atoms with van der Waals surface area (Å²) in [4.78, 5) is 15.0. The molecule has 0 aromatic carbocycles. The molecule has 0 aliphatic heterocycles. The number of allylic oxidation sites excluding steroid dienone is 4. The summed E-state index contributed by atoms with van der Waals surface area (Å²) in [6, 6.07) is 0. The van der Waals surface area contributed by atoms with Crippen molar-refractivity contribution in [3.8, 4) is 0 Å². The molecule has 0 aromatic heterocycles. The van der Waals surface area contributed by atoms with Crippen LogP contribution in [0.1, 0.15) is 13.3 Å². The molecule has 0 aromatic rings. The third kappa shape index (κ3) is 5.87. The third-order valence-electron chi connectivity index (χ3n) is 1.08. The van der Waals surface area contributed by atoms with Crippen molar-refractivity contribution < 1.29 is 27.9 Å². The number of hydrogen-bond donors (Lipinski definition) is 0. The van der Waals surface area contributed by atoms with E-state index in [0.717, 1.165) is 6.42 Å². The van der Waals surface area contributed by atoms with Gasteiger partial charge >= 0.3 is 53.5 Å². The second-order valence-corrected chi connectivity index (χ2v) is 2.73. The minimum Gasteiger partial charge on any atom is -0.281 e. The predicted molar refractivity (Wildman–Crippen MR) is 37.8 cm³/mol. The Morgan fingerprint density at radius 1 is 1.36 bits per heavy atom. The number of rotatable bonds is 0. The van der Waals surface area contributed by atoms with E-state index in [9.17, 15) is 0 Å². The van der Waals surface area contributed by atoms with Crippen LogP contribution in [0.25, 0.3) is 0 Å². The van der Waals surface area contributed by atoms with E-state index in [0.29, 0.717) is 0 Å². The van der Waals surface area contributed by atoms with Gasteiger partial charge in [0, 0.05) is 0 Å². The Balaban J connectivity index is 0. The van der Waals surface area contributed by atoms with Gasteiger partial charge < -0.3 is 0 Å². The fraction of sp³-hybridized carbons (Fsp3) is 0.250. The van der Waals surface area contributed by atoms with Crippen molar-refractivity contribution in [3.63, 3.8) is 0 Å². The molecule has 1 rings (SSSR count). The fourth-order valence-corrected chi connectivity index (χ4v) is 0.935. The molecule has 2 nitrogen and oxygen atoms in total. The molecule has 0 atom stereocenters. The summed E-state index contributed by atoms with van der Waals surface area (Å²) >= 11 is 2.64. The van der Waals surface area contributed by atoms with E-state index in [1.165, 1.54) is 9.74 Å². The third-order valence-corrected chi connectivity index (χ3v) is 2.12. The molecule has 59 valence electrons. The van der Waals surface area contributed by atoms with Gasteiger partial charge in [-0.3, -0.25) is 9.59 Å². The summed E-state index contributed by atoms with van der Waals surface area (Å²) in [5.74, 6) is 0. The van der Waals surface area contributed by atoms with Crippen molar-refractivity contribution in [2.24, 2.45) is 0 Å². The fourth-order valence-electron chi connectivity index (χ4n) is 0.586. The monoisotopic (exact) mass is 237 g/mol. The Labute approximate surface area is 77.0 Å². The molecule has 11 heavy (non-hydrogen) atoms. The van der Waals surface area contributed by atoms with Crippen LogP contribution in [0.15, 0.2) is 21.9 Å². The zero-order valence-electron chi connectivity index (χ0n) is 6.03. The molecule has 0 unspecified atom stereocenters. The first kappa shape index (κ1) is 13.1. The van der Waals surface area contributed by atoms with E-state index in [2.05, 4.69) is 51.0 Å². The van der Waals surface area contributed by atoms with Crippen LogP contribution in [0, 0.1) is 0 Å². The van der Waals surface area contributed by atoms with Gasteiger partial charge in [-0.05, 0) is 0 Å². The summed E-state index contributed by atoms with van der Waals surface area (Å²) in [6.07, 6.45) is 5.48. The van der Waals surface area contributed by atoms with Crippen LogP contribution in [0.2, 0.25) is 0 Å². The summed E-state index contributed by atoms with van der Waals surface area (Å²) in [5.41, 5.74) is 1.41. The number of carbonyl (C=O) groups excluding carboxylic acids is 2. The van der Waals surface area contributed by atoms with Gasteiger partial charge in [0.25, 0.3) is 13.6 Å². The van der Waals surface area contributed by atoms with Gasteiger partial charge in [-0.2, -0.15) is 0 Å². The molecular formula is C8H7O2Ru. The normalized spacial score (nSPS) is 12.9. The Morgan fingerprint density at radius 3 is 1.91 bits per heavy atom. The Hall–Kier alpha value is -0.557. The van der Waals surface area contributed by atoms with E-state index in [-0.39, 0.29) is 0 Å². The minimum atomic E-state index is 1.14. The molecule has 0 fully saturated rings. The first-order valence-electron chi connectivity index (χ1n) is 2.72. The van der Waals surface area contributed by atoms with Crippen LogP contribution in [-0.2, 0) is 27.9 Å². The first-order chi connectivity index (χ1) is 5.30. The SMILES string of the molecule is CC1=[C]([Ru])CC=C1.[C]=O.[C]=O. The van der Waals surface area contributed by atoms with Gasteiger partial charge in [-0.25, -0.2) is 0 Å². The molecule has 0 amide bonds. The Kier molecular flexibility index (Phi) is 11.2. The molecule has 0 saturated heterocycles. The maximum Gasteiger partial charge on any atom is 0.281 e. The molecule has 0 heterocycles. The average molecular weight is 236 g/mol. The second-order valence-electron chi connectivity index (χ2n) is 1.68. The van der Waals surface area contributed by atoms with Crippen molar-refractivity contribution in [2.75, 3.05) is 0 Å². The van der Waals surface area contributed by atoms with Crippen LogP contribution in [-0.4, -0.2) is 13.6 Å². The van der Waals surface area contributed by atoms with E-state index >= 15 is 0 Å². The Morgan fingerprint density at radius 2 is 1.82 bits per heavy atom. The summed E-state index contributed by atoms with van der Waals surface area (Å²) in [7, 11) is 0. The zero-order chi connectivity index (χ0) is 9.28. The van der Waals surface area contributed by atoms with Crippen molar-refractivity contribution in [2.45, 2.75) is 13.3 Å². The Bertz CT molecular complexity index is 159. The topological polar surface area (TPSA) is 34.1 Å². The smallest absolute Gasteiger partial charge is 0.281 e. The van der Waals surface area contributed by atoms with Gasteiger partial charge in [0.15, 0.2) is 0 Å².